The molecule has 2 aromatic carbocycles. The van der Waals surface area contributed by atoms with E-state index in [1.807, 2.05) is 0 Å². The molecule has 0 spiro atoms. The third-order valence-corrected chi connectivity index (χ3v) is 3.17. The van der Waals surface area contributed by atoms with Crippen LogP contribution < -0.4 is 14.9 Å². The summed E-state index contributed by atoms with van der Waals surface area (Å²) in [5, 5.41) is 10.6. The number of fused-ring (bicyclic) bond motifs is 2. The van der Waals surface area contributed by atoms with Crippen molar-refractivity contribution >= 4 is 21.9 Å². The van der Waals surface area contributed by atoms with Crippen molar-refractivity contribution in [3.8, 4) is 17.2 Å². The number of phenolic OH excluding ortho intramolecular Hbond substituents is 1. The fraction of sp³-hybridized carbons (Fsp3) is 0.133. The van der Waals surface area contributed by atoms with Gasteiger partial charge in [0.25, 0.3) is 0 Å². The Kier molecular flexibility index (Phi) is 2.75. The quantitative estimate of drug-likeness (QED) is 0.726. The lowest BCUT2D eigenvalue weighted by molar-refractivity contribution is 0.407. The van der Waals surface area contributed by atoms with Crippen LogP contribution in [-0.4, -0.2) is 19.3 Å². The number of phenols is 1. The molecule has 1 N–H and O–H groups in total. The van der Waals surface area contributed by atoms with Gasteiger partial charge in [-0.2, -0.15) is 0 Å². The van der Waals surface area contributed by atoms with Crippen LogP contribution in [0.1, 0.15) is 0 Å². The van der Waals surface area contributed by atoms with Crippen LogP contribution in [0.5, 0.6) is 17.2 Å². The molecule has 102 valence electrons. The van der Waals surface area contributed by atoms with E-state index in [1.165, 1.54) is 20.3 Å². The average Bonchev–Trinajstić information content (AvgIpc) is 2.47. The van der Waals surface area contributed by atoms with Gasteiger partial charge in [0.2, 0.25) is 5.43 Å². The normalized spacial score (nSPS) is 10.9. The summed E-state index contributed by atoms with van der Waals surface area (Å²) < 4.78 is 15.8. The van der Waals surface area contributed by atoms with Crippen molar-refractivity contribution in [3.05, 3.63) is 40.6 Å². The Morgan fingerprint density at radius 2 is 1.75 bits per heavy atom. The summed E-state index contributed by atoms with van der Waals surface area (Å²) >= 11 is 0. The van der Waals surface area contributed by atoms with Crippen LogP contribution in [0.25, 0.3) is 21.9 Å². The number of aromatic hydroxyl groups is 1. The second-order valence-corrected chi connectivity index (χ2v) is 4.32. The first kappa shape index (κ1) is 12.3. The second kappa shape index (κ2) is 4.45. The van der Waals surface area contributed by atoms with Gasteiger partial charge in [-0.15, -0.1) is 0 Å². The Morgan fingerprint density at radius 3 is 2.45 bits per heavy atom. The molecule has 0 bridgehead atoms. The smallest absolute Gasteiger partial charge is 0.200 e. The van der Waals surface area contributed by atoms with Crippen molar-refractivity contribution in [2.75, 3.05) is 14.2 Å². The molecular weight excluding hydrogens is 260 g/mol. The van der Waals surface area contributed by atoms with Crippen LogP contribution in [0, 0.1) is 0 Å². The monoisotopic (exact) mass is 272 g/mol. The predicted molar refractivity (Wildman–Crippen MR) is 74.8 cm³/mol. The molecule has 5 nitrogen and oxygen atoms in total. The van der Waals surface area contributed by atoms with Crippen LogP contribution in [0.3, 0.4) is 0 Å². The average molecular weight is 272 g/mol. The van der Waals surface area contributed by atoms with Crippen LogP contribution in [0.2, 0.25) is 0 Å². The zero-order chi connectivity index (χ0) is 14.3. The van der Waals surface area contributed by atoms with Crippen molar-refractivity contribution in [1.82, 2.24) is 0 Å². The summed E-state index contributed by atoms with van der Waals surface area (Å²) in [6, 6.07) is 7.88. The first-order valence-corrected chi connectivity index (χ1v) is 5.95. The minimum atomic E-state index is -0.224. The van der Waals surface area contributed by atoms with E-state index in [0.717, 1.165) is 0 Å². The van der Waals surface area contributed by atoms with E-state index in [2.05, 4.69) is 0 Å². The van der Waals surface area contributed by atoms with E-state index in [1.54, 1.807) is 24.3 Å². The van der Waals surface area contributed by atoms with Gasteiger partial charge in [0.1, 0.15) is 17.1 Å². The van der Waals surface area contributed by atoms with Gasteiger partial charge in [-0.1, -0.05) is 0 Å². The van der Waals surface area contributed by atoms with Gasteiger partial charge in [0.05, 0.1) is 25.0 Å². The highest BCUT2D eigenvalue weighted by Gasteiger charge is 2.13. The fourth-order valence-electron chi connectivity index (χ4n) is 2.14. The molecule has 0 atom stereocenters. The number of rotatable bonds is 2. The Morgan fingerprint density at radius 1 is 1.00 bits per heavy atom. The molecule has 0 aliphatic heterocycles. The van der Waals surface area contributed by atoms with Gasteiger partial charge in [-0.25, -0.2) is 0 Å². The second-order valence-electron chi connectivity index (χ2n) is 4.32. The largest absolute Gasteiger partial charge is 0.504 e. The summed E-state index contributed by atoms with van der Waals surface area (Å²) in [5.41, 5.74) is 0.275. The summed E-state index contributed by atoms with van der Waals surface area (Å²) in [4.78, 5) is 12.4. The standard InChI is InChI=1S/C15H12O5/c1-18-8-3-4-10-13(7-8)20-15-11(14(10)17)5-9(19-2)6-12(15)16/h3-7,16H,1-2H3. The third kappa shape index (κ3) is 1.75. The van der Waals surface area contributed by atoms with Crippen LogP contribution in [0.4, 0.5) is 0 Å². The van der Waals surface area contributed by atoms with Gasteiger partial charge < -0.3 is 19.0 Å². The summed E-state index contributed by atoms with van der Waals surface area (Å²) in [6.07, 6.45) is 0. The molecule has 0 aliphatic carbocycles. The molecule has 0 aliphatic rings. The Hall–Kier alpha value is -2.69. The highest BCUT2D eigenvalue weighted by Crippen LogP contribution is 2.31. The highest BCUT2D eigenvalue weighted by molar-refractivity contribution is 5.93. The zero-order valence-corrected chi connectivity index (χ0v) is 11.0. The number of methoxy groups -OCH3 is 2. The number of hydrogen-bond donors (Lipinski definition) is 1. The molecule has 3 rings (SSSR count). The lowest BCUT2D eigenvalue weighted by Gasteiger charge is -2.07. The molecule has 20 heavy (non-hydrogen) atoms. The summed E-state index contributed by atoms with van der Waals surface area (Å²) in [5.74, 6) is 0.837. The molecule has 0 saturated carbocycles. The first-order valence-electron chi connectivity index (χ1n) is 5.95. The van der Waals surface area contributed by atoms with Crippen molar-refractivity contribution < 1.29 is 19.0 Å². The molecule has 1 heterocycles. The number of benzene rings is 2. The van der Waals surface area contributed by atoms with E-state index < -0.39 is 0 Å². The van der Waals surface area contributed by atoms with Crippen molar-refractivity contribution in [2.24, 2.45) is 0 Å². The SMILES string of the molecule is COc1ccc2c(=O)c3cc(OC)cc(O)c3oc2c1. The Balaban J connectivity index is 2.47. The topological polar surface area (TPSA) is 68.9 Å². The zero-order valence-electron chi connectivity index (χ0n) is 11.0. The maximum atomic E-state index is 12.4. The van der Waals surface area contributed by atoms with Crippen molar-refractivity contribution in [1.29, 1.82) is 0 Å². The maximum absolute atomic E-state index is 12.4. The molecule has 0 unspecified atom stereocenters. The molecule has 5 heteroatoms. The van der Waals surface area contributed by atoms with E-state index >= 15 is 0 Å². The van der Waals surface area contributed by atoms with Gasteiger partial charge in [0, 0.05) is 12.1 Å². The Bertz CT molecular complexity index is 863. The van der Waals surface area contributed by atoms with Gasteiger partial charge in [-0.05, 0) is 18.2 Å². The minimum absolute atomic E-state index is 0.136. The Labute approximate surface area is 114 Å². The summed E-state index contributed by atoms with van der Waals surface area (Å²) in [7, 11) is 3.00. The first-order chi connectivity index (χ1) is 9.63. The lowest BCUT2D eigenvalue weighted by atomic mass is 10.1. The molecule has 0 fully saturated rings. The fourth-order valence-corrected chi connectivity index (χ4v) is 2.14. The van der Waals surface area contributed by atoms with Crippen molar-refractivity contribution in [3.63, 3.8) is 0 Å². The molecule has 3 aromatic rings. The number of hydrogen-bond acceptors (Lipinski definition) is 5. The van der Waals surface area contributed by atoms with Crippen LogP contribution in [0.15, 0.2) is 39.5 Å². The van der Waals surface area contributed by atoms with E-state index in [0.29, 0.717) is 22.5 Å². The van der Waals surface area contributed by atoms with E-state index in [4.69, 9.17) is 13.9 Å². The predicted octanol–water partition coefficient (Wildman–Crippen LogP) is 2.67. The molecule has 1 aromatic heterocycles. The molecule has 0 radical (unpaired) electrons. The molecule has 0 amide bonds. The van der Waals surface area contributed by atoms with Crippen LogP contribution in [-0.2, 0) is 0 Å². The van der Waals surface area contributed by atoms with Gasteiger partial charge in [0.15, 0.2) is 11.3 Å². The van der Waals surface area contributed by atoms with Crippen LogP contribution >= 0.6 is 0 Å². The third-order valence-electron chi connectivity index (χ3n) is 3.17. The maximum Gasteiger partial charge on any atom is 0.200 e. The summed E-state index contributed by atoms with van der Waals surface area (Å²) in [6.45, 7) is 0. The minimum Gasteiger partial charge on any atom is -0.504 e. The number of ether oxygens (including phenoxy) is 2. The van der Waals surface area contributed by atoms with E-state index in [-0.39, 0.29) is 22.1 Å². The van der Waals surface area contributed by atoms with Gasteiger partial charge in [-0.3, -0.25) is 4.79 Å². The lowest BCUT2D eigenvalue weighted by Crippen LogP contribution is -2.02. The van der Waals surface area contributed by atoms with Crippen molar-refractivity contribution in [2.45, 2.75) is 0 Å². The molecular formula is C15H12O5. The van der Waals surface area contributed by atoms with E-state index in [9.17, 15) is 9.90 Å². The molecule has 0 saturated heterocycles. The highest BCUT2D eigenvalue weighted by atomic mass is 16.5. The van der Waals surface area contributed by atoms with Gasteiger partial charge >= 0.3 is 0 Å².